The molecule has 0 aromatic heterocycles. The topological polar surface area (TPSA) is 43.4 Å². The number of ether oxygens (including phenoxy) is 1. The maximum atomic E-state index is 12.7. The van der Waals surface area contributed by atoms with E-state index in [1.807, 2.05) is 0 Å². The average molecular weight is 281 g/mol. The number of alkyl halides is 3. The van der Waals surface area contributed by atoms with Crippen LogP contribution in [0.25, 0.3) is 0 Å². The second-order valence-electron chi connectivity index (χ2n) is 3.39. The lowest BCUT2D eigenvalue weighted by Gasteiger charge is -2.12. The van der Waals surface area contributed by atoms with Crippen LogP contribution < -0.4 is 0 Å². The van der Waals surface area contributed by atoms with Crippen molar-refractivity contribution in [2.75, 3.05) is 7.11 Å². The Morgan fingerprint density at radius 1 is 1.33 bits per heavy atom. The number of ketones is 1. The number of carbonyl (C=O) groups excluding carboxylic acids is 2. The molecule has 0 saturated heterocycles. The van der Waals surface area contributed by atoms with E-state index in [9.17, 15) is 22.8 Å². The fourth-order valence-corrected chi connectivity index (χ4v) is 1.50. The zero-order valence-electron chi connectivity index (χ0n) is 9.18. The average Bonchev–Trinajstić information content (AvgIpc) is 2.28. The Labute approximate surface area is 105 Å². The molecular formula is C11H8ClF3O3. The molecule has 0 aliphatic carbocycles. The standard InChI is InChI=1S/C11H8ClF3O3/c1-18-10(17)9(16)4-6-2-3-7(12)5-8(6)11(13,14)15/h2-3,5H,4H2,1H3. The molecule has 0 spiro atoms. The van der Waals surface area contributed by atoms with E-state index < -0.39 is 29.9 Å². The van der Waals surface area contributed by atoms with Gasteiger partial charge in [-0.25, -0.2) is 4.79 Å². The van der Waals surface area contributed by atoms with E-state index in [-0.39, 0.29) is 10.6 Å². The predicted molar refractivity (Wildman–Crippen MR) is 57.2 cm³/mol. The van der Waals surface area contributed by atoms with E-state index >= 15 is 0 Å². The number of hydrogen-bond donors (Lipinski definition) is 0. The molecule has 0 saturated carbocycles. The molecule has 1 aromatic rings. The second-order valence-corrected chi connectivity index (χ2v) is 3.83. The first-order chi connectivity index (χ1) is 8.25. The highest BCUT2D eigenvalue weighted by Gasteiger charge is 2.34. The van der Waals surface area contributed by atoms with E-state index in [2.05, 4.69) is 4.74 Å². The van der Waals surface area contributed by atoms with Gasteiger partial charge < -0.3 is 4.74 Å². The van der Waals surface area contributed by atoms with Crippen LogP contribution in [0, 0.1) is 0 Å². The summed E-state index contributed by atoms with van der Waals surface area (Å²) >= 11 is 5.47. The SMILES string of the molecule is COC(=O)C(=O)Cc1ccc(Cl)cc1C(F)(F)F. The van der Waals surface area contributed by atoms with Gasteiger partial charge in [0.1, 0.15) is 0 Å². The number of esters is 1. The zero-order valence-corrected chi connectivity index (χ0v) is 9.93. The first kappa shape index (κ1) is 14.5. The molecule has 3 nitrogen and oxygen atoms in total. The maximum Gasteiger partial charge on any atom is 0.416 e. The van der Waals surface area contributed by atoms with E-state index in [0.29, 0.717) is 6.07 Å². The van der Waals surface area contributed by atoms with Crippen molar-refractivity contribution < 1.29 is 27.5 Å². The number of halogens is 4. The zero-order chi connectivity index (χ0) is 13.9. The molecule has 0 radical (unpaired) electrons. The van der Waals surface area contributed by atoms with Gasteiger partial charge in [-0.1, -0.05) is 17.7 Å². The lowest BCUT2D eigenvalue weighted by atomic mass is 10.0. The smallest absolute Gasteiger partial charge is 0.416 e. The molecule has 0 unspecified atom stereocenters. The van der Waals surface area contributed by atoms with E-state index in [1.165, 1.54) is 6.07 Å². The Balaban J connectivity index is 3.10. The largest absolute Gasteiger partial charge is 0.463 e. The Bertz CT molecular complexity index is 483. The van der Waals surface area contributed by atoms with Crippen molar-refractivity contribution in [2.24, 2.45) is 0 Å². The van der Waals surface area contributed by atoms with Crippen LogP contribution in [0.2, 0.25) is 5.02 Å². The second kappa shape index (κ2) is 5.39. The van der Waals surface area contributed by atoms with Gasteiger partial charge in [-0.2, -0.15) is 13.2 Å². The van der Waals surface area contributed by atoms with Crippen LogP contribution in [-0.2, 0) is 26.9 Å². The Hall–Kier alpha value is -1.56. The van der Waals surface area contributed by atoms with Gasteiger partial charge in [-0.05, 0) is 17.7 Å². The van der Waals surface area contributed by atoms with Crippen LogP contribution >= 0.6 is 11.6 Å². The van der Waals surface area contributed by atoms with E-state index in [0.717, 1.165) is 13.2 Å². The summed E-state index contributed by atoms with van der Waals surface area (Å²) < 4.78 is 42.2. The van der Waals surface area contributed by atoms with Crippen molar-refractivity contribution in [2.45, 2.75) is 12.6 Å². The van der Waals surface area contributed by atoms with Gasteiger partial charge >= 0.3 is 12.1 Å². The van der Waals surface area contributed by atoms with Crippen molar-refractivity contribution >= 4 is 23.4 Å². The quantitative estimate of drug-likeness (QED) is 0.631. The number of hydrogen-bond acceptors (Lipinski definition) is 3. The third-order valence-electron chi connectivity index (χ3n) is 2.14. The number of carbonyl (C=O) groups is 2. The van der Waals surface area contributed by atoms with Crippen molar-refractivity contribution in [3.05, 3.63) is 34.3 Å². The molecule has 0 atom stereocenters. The lowest BCUT2D eigenvalue weighted by molar-refractivity contribution is -0.151. The molecule has 0 fully saturated rings. The van der Waals surface area contributed by atoms with Crippen LogP contribution in [0.15, 0.2) is 18.2 Å². The molecule has 0 bridgehead atoms. The van der Waals surface area contributed by atoms with E-state index in [4.69, 9.17) is 11.6 Å². The van der Waals surface area contributed by atoms with Gasteiger partial charge in [0.25, 0.3) is 0 Å². The fraction of sp³-hybridized carbons (Fsp3) is 0.273. The van der Waals surface area contributed by atoms with Gasteiger partial charge in [0, 0.05) is 11.4 Å². The van der Waals surface area contributed by atoms with Crippen LogP contribution in [0.3, 0.4) is 0 Å². The van der Waals surface area contributed by atoms with Gasteiger partial charge in [-0.3, -0.25) is 4.79 Å². The van der Waals surface area contributed by atoms with Crippen molar-refractivity contribution in [1.29, 1.82) is 0 Å². The molecule has 0 N–H and O–H groups in total. The van der Waals surface area contributed by atoms with Crippen molar-refractivity contribution in [3.8, 4) is 0 Å². The summed E-state index contributed by atoms with van der Waals surface area (Å²) in [6.07, 6.45) is -5.32. The molecule has 0 aliphatic heterocycles. The summed E-state index contributed by atoms with van der Waals surface area (Å²) in [5, 5.41) is -0.100. The highest BCUT2D eigenvalue weighted by Crippen LogP contribution is 2.34. The third-order valence-corrected chi connectivity index (χ3v) is 2.38. The summed E-state index contributed by atoms with van der Waals surface area (Å²) in [7, 11) is 0.979. The molecule has 0 heterocycles. The molecule has 18 heavy (non-hydrogen) atoms. The summed E-state index contributed by atoms with van der Waals surface area (Å²) in [6, 6.07) is 2.99. The molecule has 1 rings (SSSR count). The van der Waals surface area contributed by atoms with Crippen LogP contribution in [0.5, 0.6) is 0 Å². The summed E-state index contributed by atoms with van der Waals surface area (Å²) in [4.78, 5) is 22.1. The lowest BCUT2D eigenvalue weighted by Crippen LogP contribution is -2.20. The maximum absolute atomic E-state index is 12.7. The number of benzene rings is 1. The van der Waals surface area contributed by atoms with Crippen molar-refractivity contribution in [1.82, 2.24) is 0 Å². The van der Waals surface area contributed by atoms with Crippen LogP contribution in [-0.4, -0.2) is 18.9 Å². The molecule has 0 aliphatic rings. The highest BCUT2D eigenvalue weighted by molar-refractivity contribution is 6.34. The minimum Gasteiger partial charge on any atom is -0.463 e. The highest BCUT2D eigenvalue weighted by atomic mass is 35.5. The minimum atomic E-state index is -4.64. The van der Waals surface area contributed by atoms with Gasteiger partial charge in [-0.15, -0.1) is 0 Å². The summed E-state index contributed by atoms with van der Waals surface area (Å²) in [6.45, 7) is 0. The molecule has 1 aromatic carbocycles. The third kappa shape index (κ3) is 3.46. The molecule has 98 valence electrons. The van der Waals surface area contributed by atoms with E-state index in [1.54, 1.807) is 0 Å². The first-order valence-corrected chi connectivity index (χ1v) is 5.10. The van der Waals surface area contributed by atoms with Crippen LogP contribution in [0.1, 0.15) is 11.1 Å². The molecule has 7 heteroatoms. The molecular weight excluding hydrogens is 273 g/mol. The fourth-order valence-electron chi connectivity index (χ4n) is 1.33. The Kier molecular flexibility index (Phi) is 4.34. The number of Topliss-reactive ketones (excluding diaryl/α,β-unsaturated/α-hetero) is 1. The number of rotatable bonds is 3. The van der Waals surface area contributed by atoms with Gasteiger partial charge in [0.2, 0.25) is 5.78 Å². The number of methoxy groups -OCH3 is 1. The summed E-state index contributed by atoms with van der Waals surface area (Å²) in [5.41, 5.74) is -1.35. The Morgan fingerprint density at radius 2 is 1.94 bits per heavy atom. The Morgan fingerprint density at radius 3 is 2.44 bits per heavy atom. The monoisotopic (exact) mass is 280 g/mol. The van der Waals surface area contributed by atoms with Crippen LogP contribution in [0.4, 0.5) is 13.2 Å². The first-order valence-electron chi connectivity index (χ1n) is 4.72. The van der Waals surface area contributed by atoms with Gasteiger partial charge in [0.15, 0.2) is 0 Å². The summed E-state index contributed by atoms with van der Waals surface area (Å²) in [5.74, 6) is -2.23. The van der Waals surface area contributed by atoms with Gasteiger partial charge in [0.05, 0.1) is 12.7 Å². The van der Waals surface area contributed by atoms with Crippen molar-refractivity contribution in [3.63, 3.8) is 0 Å². The normalized spacial score (nSPS) is 11.2. The molecule has 0 amide bonds. The predicted octanol–water partition coefficient (Wildman–Crippen LogP) is 2.64. The minimum absolute atomic E-state index is 0.100.